The summed E-state index contributed by atoms with van der Waals surface area (Å²) in [7, 11) is 0. The molecule has 2 atom stereocenters. The first-order valence-corrected chi connectivity index (χ1v) is 24.9. The van der Waals surface area contributed by atoms with E-state index in [1.807, 2.05) is 29.2 Å². The number of carbonyl (C=O) groups is 8. The van der Waals surface area contributed by atoms with Gasteiger partial charge in [0.25, 0.3) is 17.7 Å². The molecule has 6 rings (SSSR count). The number of amides is 9. The molecule has 2 aromatic carbocycles. The summed E-state index contributed by atoms with van der Waals surface area (Å²) in [6.07, 6.45) is 8.90. The predicted molar refractivity (Wildman–Crippen MR) is 279 cm³/mol. The standard InChI is InChI=1S/C51H62ClN13O10/c1-31(2)43(63-40(66)8-4-3-5-22-65-41(67)17-18-42(65)68)48(70)61-37(7-6-20-56-50(54)72)47(69)59-35-15-11-33(12-16-35)30-75-51(73)57-21-19-32-9-13-34(14-10-32)38-29-58-46(53)44(60-38)49(71)62-39-28-55-27-36(52)45(39)64-23-25-74-26-24-64/h9-18,27-29,31,37,43H,3-8,19-26,30H2,1-2H3,(H2,53,58)(H,57,73)(H,59,69)(H,61,70)(H,62,71)(H,63,66)(H3,54,56,72)/t37-,43-/m0/s1. The van der Waals surface area contributed by atoms with Gasteiger partial charge in [0, 0.05) is 68.7 Å². The fourth-order valence-electron chi connectivity index (χ4n) is 7.99. The molecule has 1 fully saturated rings. The van der Waals surface area contributed by atoms with Crippen molar-refractivity contribution < 1.29 is 47.8 Å². The number of imide groups is 1. The van der Waals surface area contributed by atoms with E-state index in [0.29, 0.717) is 97.3 Å². The van der Waals surface area contributed by atoms with Crippen LogP contribution in [-0.4, -0.2) is 125 Å². The number of urea groups is 1. The number of benzene rings is 2. The van der Waals surface area contributed by atoms with E-state index in [1.165, 1.54) is 30.7 Å². The lowest BCUT2D eigenvalue weighted by Crippen LogP contribution is -2.54. The number of nitrogens with zero attached hydrogens (tertiary/aromatic N) is 5. The van der Waals surface area contributed by atoms with Crippen LogP contribution in [-0.2, 0) is 46.5 Å². The Hall–Kier alpha value is -8.18. The minimum Gasteiger partial charge on any atom is -0.445 e. The Morgan fingerprint density at radius 1 is 0.813 bits per heavy atom. The third kappa shape index (κ3) is 16.9. The van der Waals surface area contributed by atoms with Crippen molar-refractivity contribution in [2.24, 2.45) is 11.7 Å². The van der Waals surface area contributed by atoms with Gasteiger partial charge in [0.2, 0.25) is 17.7 Å². The first-order chi connectivity index (χ1) is 36.1. The molecular formula is C51H62ClN13O10. The summed E-state index contributed by atoms with van der Waals surface area (Å²) in [5.41, 5.74) is 15.3. The number of nitrogens with one attached hydrogen (secondary N) is 6. The minimum atomic E-state index is -1.05. The number of carbonyl (C=O) groups excluding carboxylic acids is 8. The number of anilines is 4. The van der Waals surface area contributed by atoms with Crippen LogP contribution in [0.15, 0.2) is 79.3 Å². The zero-order chi connectivity index (χ0) is 53.9. The molecule has 0 aliphatic carbocycles. The highest BCUT2D eigenvalue weighted by Crippen LogP contribution is 2.34. The second kappa shape index (κ2) is 27.8. The molecule has 75 heavy (non-hydrogen) atoms. The lowest BCUT2D eigenvalue weighted by molar-refractivity contribution is -0.137. The summed E-state index contributed by atoms with van der Waals surface area (Å²) in [5, 5.41) is 16.7. The molecule has 2 aliphatic heterocycles. The second-order valence-corrected chi connectivity index (χ2v) is 18.4. The number of aromatic nitrogens is 3. The third-order valence-electron chi connectivity index (χ3n) is 12.0. The summed E-state index contributed by atoms with van der Waals surface area (Å²) in [4.78, 5) is 117. The molecule has 2 aliphatic rings. The molecule has 9 amide bonds. The molecular weight excluding hydrogens is 990 g/mol. The van der Waals surface area contributed by atoms with Crippen LogP contribution in [0.5, 0.6) is 0 Å². The van der Waals surface area contributed by atoms with Crippen LogP contribution in [0.4, 0.5) is 32.5 Å². The van der Waals surface area contributed by atoms with Crippen LogP contribution in [0.25, 0.3) is 11.3 Å². The molecule has 0 saturated carbocycles. The first-order valence-electron chi connectivity index (χ1n) is 24.5. The molecule has 23 nitrogen and oxygen atoms in total. The van der Waals surface area contributed by atoms with Gasteiger partial charge >= 0.3 is 12.1 Å². The first kappa shape index (κ1) is 56.1. The highest BCUT2D eigenvalue weighted by Gasteiger charge is 2.29. The molecule has 0 radical (unpaired) electrons. The smallest absolute Gasteiger partial charge is 0.407 e. The number of rotatable bonds is 25. The van der Waals surface area contributed by atoms with E-state index in [2.05, 4.69) is 46.9 Å². The topological polar surface area (TPSA) is 324 Å². The van der Waals surface area contributed by atoms with Crippen LogP contribution in [0.3, 0.4) is 0 Å². The number of hydrogen-bond acceptors (Lipinski definition) is 15. The third-order valence-corrected chi connectivity index (χ3v) is 12.3. The summed E-state index contributed by atoms with van der Waals surface area (Å²) >= 11 is 6.50. The number of alkyl carbamates (subject to hydrolysis) is 1. The van der Waals surface area contributed by atoms with E-state index in [0.717, 1.165) is 10.5 Å². The number of hydrogen-bond donors (Lipinski definition) is 8. The van der Waals surface area contributed by atoms with Crippen molar-refractivity contribution in [1.82, 2.24) is 41.1 Å². The van der Waals surface area contributed by atoms with Gasteiger partial charge in [0.15, 0.2) is 11.5 Å². The number of nitrogens with two attached hydrogens (primary N) is 2. The number of primary amides is 1. The Morgan fingerprint density at radius 3 is 2.21 bits per heavy atom. The molecule has 10 N–H and O–H groups in total. The van der Waals surface area contributed by atoms with Gasteiger partial charge in [0.1, 0.15) is 18.7 Å². The summed E-state index contributed by atoms with van der Waals surface area (Å²) < 4.78 is 10.9. The van der Waals surface area contributed by atoms with Gasteiger partial charge in [-0.25, -0.2) is 19.6 Å². The maximum atomic E-state index is 13.6. The number of halogens is 1. The average Bonchev–Trinajstić information content (AvgIpc) is 3.71. The van der Waals surface area contributed by atoms with E-state index in [-0.39, 0.29) is 74.2 Å². The average molecular weight is 1050 g/mol. The monoisotopic (exact) mass is 1050 g/mol. The van der Waals surface area contributed by atoms with Gasteiger partial charge in [-0.05, 0) is 61.3 Å². The Kier molecular flexibility index (Phi) is 20.8. The molecule has 0 spiro atoms. The molecule has 0 bridgehead atoms. The molecule has 2 aromatic heterocycles. The number of nitrogen functional groups attached to an aromatic ring is 1. The summed E-state index contributed by atoms with van der Waals surface area (Å²) in [6, 6.07) is 11.2. The number of pyridine rings is 1. The van der Waals surface area contributed by atoms with Crippen LogP contribution < -0.4 is 48.3 Å². The lowest BCUT2D eigenvalue weighted by Gasteiger charge is -2.31. The van der Waals surface area contributed by atoms with Crippen LogP contribution >= 0.6 is 11.6 Å². The maximum Gasteiger partial charge on any atom is 0.407 e. The largest absolute Gasteiger partial charge is 0.445 e. The molecule has 0 unspecified atom stereocenters. The summed E-state index contributed by atoms with van der Waals surface area (Å²) in [6.45, 7) is 6.36. The van der Waals surface area contributed by atoms with Crippen molar-refractivity contribution in [3.05, 3.63) is 101 Å². The van der Waals surface area contributed by atoms with Crippen molar-refractivity contribution in [3.8, 4) is 11.3 Å². The van der Waals surface area contributed by atoms with Crippen molar-refractivity contribution in [2.45, 2.75) is 77.5 Å². The van der Waals surface area contributed by atoms with Crippen molar-refractivity contribution in [2.75, 3.05) is 67.2 Å². The van der Waals surface area contributed by atoms with E-state index in [9.17, 15) is 38.4 Å². The Morgan fingerprint density at radius 2 is 1.52 bits per heavy atom. The van der Waals surface area contributed by atoms with Crippen LogP contribution in [0.2, 0.25) is 5.02 Å². The SMILES string of the molecule is CC(C)[C@H](NC(=O)CCCCCN1C(=O)C=CC1=O)C(=O)N[C@@H](CCCNC(N)=O)C(=O)Nc1ccc(COC(=O)NCCc2ccc(-c3cnc(N)c(C(=O)Nc4cncc(Cl)c4N4CCOCC4)n3)cc2)cc1. The molecule has 1 saturated heterocycles. The number of unbranched alkanes of at least 4 members (excludes halogenated alkanes) is 2. The Bertz CT molecular complexity index is 2700. The number of morpholine rings is 1. The van der Waals surface area contributed by atoms with E-state index in [1.54, 1.807) is 38.1 Å². The van der Waals surface area contributed by atoms with Gasteiger partial charge in [-0.15, -0.1) is 0 Å². The van der Waals surface area contributed by atoms with E-state index in [4.69, 9.17) is 32.5 Å². The predicted octanol–water partition coefficient (Wildman–Crippen LogP) is 3.83. The second-order valence-electron chi connectivity index (χ2n) is 18.0. The normalized spacial score (nSPS) is 14.0. The Balaban J connectivity index is 0.937. The van der Waals surface area contributed by atoms with Gasteiger partial charge in [-0.2, -0.15) is 0 Å². The van der Waals surface area contributed by atoms with Gasteiger partial charge in [-0.1, -0.05) is 68.3 Å². The maximum absolute atomic E-state index is 13.6. The minimum absolute atomic E-state index is 0.0512. The molecule has 24 heteroatoms. The van der Waals surface area contributed by atoms with Crippen molar-refractivity contribution in [3.63, 3.8) is 0 Å². The van der Waals surface area contributed by atoms with E-state index >= 15 is 0 Å². The fourth-order valence-corrected chi connectivity index (χ4v) is 8.27. The van der Waals surface area contributed by atoms with Crippen LogP contribution in [0.1, 0.15) is 74.0 Å². The molecule has 4 heterocycles. The fraction of sp³-hybridized carbons (Fsp3) is 0.392. The molecule has 398 valence electrons. The highest BCUT2D eigenvalue weighted by molar-refractivity contribution is 6.34. The number of ether oxygens (including phenoxy) is 2. The van der Waals surface area contributed by atoms with Crippen LogP contribution in [0, 0.1) is 5.92 Å². The summed E-state index contributed by atoms with van der Waals surface area (Å²) in [5.74, 6) is -3.16. The van der Waals surface area contributed by atoms with E-state index < -0.39 is 41.9 Å². The zero-order valence-corrected chi connectivity index (χ0v) is 42.5. The van der Waals surface area contributed by atoms with Crippen molar-refractivity contribution >= 4 is 82.0 Å². The zero-order valence-electron chi connectivity index (χ0n) is 41.7. The van der Waals surface area contributed by atoms with Gasteiger partial charge in [-0.3, -0.25) is 38.7 Å². The highest BCUT2D eigenvalue weighted by atomic mass is 35.5. The van der Waals surface area contributed by atoms with Crippen molar-refractivity contribution in [1.29, 1.82) is 0 Å². The lowest BCUT2D eigenvalue weighted by atomic mass is 10.0. The quantitative estimate of drug-likeness (QED) is 0.0346. The molecule has 4 aromatic rings. The van der Waals surface area contributed by atoms with Gasteiger partial charge in [0.05, 0.1) is 47.7 Å². The van der Waals surface area contributed by atoms with Gasteiger partial charge < -0.3 is 57.7 Å². The Labute approximate surface area is 438 Å².